The van der Waals surface area contributed by atoms with Crippen LogP contribution in [0.25, 0.3) is 0 Å². The number of ether oxygens (including phenoxy) is 6. The fourth-order valence-electron chi connectivity index (χ4n) is 3.89. The number of amides is 1. The summed E-state index contributed by atoms with van der Waals surface area (Å²) in [5.41, 5.74) is 0.0215. The number of hydrogen-bond donors (Lipinski definition) is 0. The number of rotatable bonds is 14. The van der Waals surface area contributed by atoms with Crippen molar-refractivity contribution in [3.63, 3.8) is 0 Å². The second kappa shape index (κ2) is 15.9. The van der Waals surface area contributed by atoms with Crippen molar-refractivity contribution < 1.29 is 46.4 Å². The first kappa shape index (κ1) is 35.6. The van der Waals surface area contributed by atoms with Crippen molar-refractivity contribution in [3.05, 3.63) is 58.6 Å². The Balaban J connectivity index is 2.06. The van der Waals surface area contributed by atoms with Gasteiger partial charge in [-0.05, 0) is 69.3 Å². The first-order chi connectivity index (χ1) is 21.4. The number of benzene rings is 3. The van der Waals surface area contributed by atoms with Crippen LogP contribution in [0.4, 0.5) is 10.5 Å². The van der Waals surface area contributed by atoms with Gasteiger partial charge < -0.3 is 28.4 Å². The Kier molecular flexibility index (Phi) is 12.6. The average Bonchev–Trinajstić information content (AvgIpc) is 3.00. The summed E-state index contributed by atoms with van der Waals surface area (Å²) in [5, 5.41) is -0.302. The van der Waals surface area contributed by atoms with Gasteiger partial charge in [0, 0.05) is 14.1 Å². The molecule has 0 aliphatic heterocycles. The smallest absolute Gasteiger partial charge is 0.420 e. The minimum Gasteiger partial charge on any atom is -0.497 e. The topological polar surface area (TPSA) is 130 Å². The molecule has 0 radical (unpaired) electrons. The lowest BCUT2D eigenvalue weighted by Crippen LogP contribution is -2.38. The van der Waals surface area contributed by atoms with Crippen LogP contribution in [-0.4, -0.2) is 72.4 Å². The van der Waals surface area contributed by atoms with E-state index in [9.17, 15) is 18.0 Å². The number of carbonyl (C=O) groups excluding carboxylic acids is 2. The van der Waals surface area contributed by atoms with E-state index in [1.165, 1.54) is 57.6 Å². The fraction of sp³-hybridized carbons (Fsp3) is 0.333. The van der Waals surface area contributed by atoms with E-state index in [0.717, 1.165) is 9.21 Å². The summed E-state index contributed by atoms with van der Waals surface area (Å²) in [7, 11) is 0.206. The number of hydrogen-bond acceptors (Lipinski definition) is 10. The van der Waals surface area contributed by atoms with Gasteiger partial charge in [-0.15, -0.1) is 0 Å². The SMILES string of the molecule is CCOC(=O)CN(C(=O)Oc1ccc(OC)cc1)c1ccc(Oc2ccc(OCC)c(S(=O)(=O)N(C)C)c2OCC)c(Cl)c1Cl. The molecule has 0 N–H and O–H groups in total. The number of nitrogens with zero attached hydrogens (tertiary/aromatic N) is 2. The quantitative estimate of drug-likeness (QED) is 0.176. The van der Waals surface area contributed by atoms with Crippen molar-refractivity contribution >= 4 is 51.0 Å². The molecule has 1 amide bonds. The Labute approximate surface area is 272 Å². The van der Waals surface area contributed by atoms with E-state index in [2.05, 4.69) is 0 Å². The third-order valence-electron chi connectivity index (χ3n) is 5.98. The van der Waals surface area contributed by atoms with E-state index < -0.39 is 28.6 Å². The summed E-state index contributed by atoms with van der Waals surface area (Å²) >= 11 is 13.3. The summed E-state index contributed by atoms with van der Waals surface area (Å²) in [6, 6.07) is 11.9. The van der Waals surface area contributed by atoms with Crippen molar-refractivity contribution in [2.45, 2.75) is 25.7 Å². The van der Waals surface area contributed by atoms with Crippen LogP contribution in [0.1, 0.15) is 20.8 Å². The average molecular weight is 686 g/mol. The van der Waals surface area contributed by atoms with Gasteiger partial charge in [0.15, 0.2) is 16.4 Å². The molecule has 0 bridgehead atoms. The highest BCUT2D eigenvalue weighted by atomic mass is 35.5. The van der Waals surface area contributed by atoms with E-state index >= 15 is 0 Å². The predicted octanol–water partition coefficient (Wildman–Crippen LogP) is 6.41. The van der Waals surface area contributed by atoms with E-state index in [0.29, 0.717) is 5.75 Å². The van der Waals surface area contributed by atoms with Gasteiger partial charge in [-0.2, -0.15) is 0 Å². The number of anilines is 1. The highest BCUT2D eigenvalue weighted by Gasteiger charge is 2.32. The van der Waals surface area contributed by atoms with Gasteiger partial charge in [-0.1, -0.05) is 23.2 Å². The van der Waals surface area contributed by atoms with Gasteiger partial charge in [-0.3, -0.25) is 9.69 Å². The lowest BCUT2D eigenvalue weighted by molar-refractivity contribution is -0.141. The van der Waals surface area contributed by atoms with Gasteiger partial charge in [-0.25, -0.2) is 17.5 Å². The minimum absolute atomic E-state index is 0.00309. The molecule has 0 heterocycles. The molecule has 0 spiro atoms. The van der Waals surface area contributed by atoms with Crippen molar-refractivity contribution in [1.82, 2.24) is 4.31 Å². The molecule has 0 unspecified atom stereocenters. The maximum absolute atomic E-state index is 13.3. The Morgan fingerprint density at radius 3 is 1.96 bits per heavy atom. The van der Waals surface area contributed by atoms with Crippen LogP contribution in [0.2, 0.25) is 10.0 Å². The zero-order valence-corrected chi connectivity index (χ0v) is 27.9. The Bertz CT molecular complexity index is 1620. The van der Waals surface area contributed by atoms with E-state index in [1.807, 2.05) is 0 Å². The largest absolute Gasteiger partial charge is 0.497 e. The molecule has 0 fully saturated rings. The number of sulfonamides is 1. The highest BCUT2D eigenvalue weighted by Crippen LogP contribution is 2.47. The van der Waals surface area contributed by atoms with Crippen LogP contribution < -0.4 is 28.6 Å². The van der Waals surface area contributed by atoms with Crippen LogP contribution >= 0.6 is 23.2 Å². The van der Waals surface area contributed by atoms with Crippen LogP contribution in [0.5, 0.6) is 34.5 Å². The molecule has 0 aliphatic carbocycles. The predicted molar refractivity (Wildman–Crippen MR) is 169 cm³/mol. The van der Waals surface area contributed by atoms with Crippen molar-refractivity contribution in [1.29, 1.82) is 0 Å². The maximum atomic E-state index is 13.3. The van der Waals surface area contributed by atoms with Crippen LogP contribution in [-0.2, 0) is 19.6 Å². The molecule has 0 aliphatic rings. The molecule has 15 heteroatoms. The molecule has 3 aromatic carbocycles. The summed E-state index contributed by atoms with van der Waals surface area (Å²) in [5.74, 6) is 0.000320. The van der Waals surface area contributed by atoms with E-state index in [1.54, 1.807) is 32.9 Å². The monoisotopic (exact) mass is 684 g/mol. The molecule has 0 saturated heterocycles. The fourth-order valence-corrected chi connectivity index (χ4v) is 5.49. The normalized spacial score (nSPS) is 11.1. The molecule has 0 aromatic heterocycles. The van der Waals surface area contributed by atoms with Crippen LogP contribution in [0, 0.1) is 0 Å². The Hall–Kier alpha value is -3.91. The van der Waals surface area contributed by atoms with Crippen molar-refractivity contribution in [2.24, 2.45) is 0 Å². The van der Waals surface area contributed by atoms with Crippen molar-refractivity contribution in [2.75, 3.05) is 52.5 Å². The van der Waals surface area contributed by atoms with Crippen molar-refractivity contribution in [3.8, 4) is 34.5 Å². The summed E-state index contributed by atoms with van der Waals surface area (Å²) < 4.78 is 60.6. The lowest BCUT2D eigenvalue weighted by Gasteiger charge is -2.24. The van der Waals surface area contributed by atoms with Gasteiger partial charge in [0.05, 0.1) is 37.6 Å². The first-order valence-electron chi connectivity index (χ1n) is 13.7. The molecule has 3 aromatic rings. The van der Waals surface area contributed by atoms with Gasteiger partial charge in [0.1, 0.15) is 34.6 Å². The molecular formula is C30H34Cl2N2O10S. The summed E-state index contributed by atoms with van der Waals surface area (Å²) in [6.07, 6.45) is -0.941. The van der Waals surface area contributed by atoms with Gasteiger partial charge in [0.2, 0.25) is 10.0 Å². The van der Waals surface area contributed by atoms with Crippen LogP contribution in [0.3, 0.4) is 0 Å². The molecular weight excluding hydrogens is 651 g/mol. The number of esters is 1. The minimum atomic E-state index is -4.05. The number of halogens is 2. The lowest BCUT2D eigenvalue weighted by atomic mass is 10.2. The Morgan fingerprint density at radius 2 is 1.38 bits per heavy atom. The number of methoxy groups -OCH3 is 1. The van der Waals surface area contributed by atoms with E-state index in [-0.39, 0.29) is 69.2 Å². The molecule has 45 heavy (non-hydrogen) atoms. The first-order valence-corrected chi connectivity index (χ1v) is 15.9. The summed E-state index contributed by atoms with van der Waals surface area (Å²) in [4.78, 5) is 26.5. The maximum Gasteiger partial charge on any atom is 0.420 e. The molecule has 0 atom stereocenters. The third kappa shape index (κ3) is 8.42. The van der Waals surface area contributed by atoms with Crippen LogP contribution in [0.15, 0.2) is 53.4 Å². The summed E-state index contributed by atoms with van der Waals surface area (Å²) in [6.45, 7) is 4.88. The molecule has 3 rings (SSSR count). The molecule has 0 saturated carbocycles. The third-order valence-corrected chi connectivity index (χ3v) is 8.70. The zero-order chi connectivity index (χ0) is 33.3. The number of carbonyl (C=O) groups is 2. The second-order valence-electron chi connectivity index (χ2n) is 9.12. The van der Waals surface area contributed by atoms with E-state index in [4.69, 9.17) is 51.6 Å². The highest BCUT2D eigenvalue weighted by molar-refractivity contribution is 7.89. The molecule has 12 nitrogen and oxygen atoms in total. The standard InChI is InChI=1S/C30H34Cl2N2O10S/c1-7-40-24-17-16-23(28(42-9-3)29(24)45(37,38)33(4)5)44-22-15-14-21(26(31)27(22)32)34(18-25(35)41-8-2)30(36)43-20-12-10-19(39-6)11-13-20/h10-17H,7-9,18H2,1-6H3. The van der Waals surface area contributed by atoms with Gasteiger partial charge in [0.25, 0.3) is 0 Å². The second-order valence-corrected chi connectivity index (χ2v) is 12.0. The Morgan fingerprint density at radius 1 is 0.778 bits per heavy atom. The zero-order valence-electron chi connectivity index (χ0n) is 25.6. The van der Waals surface area contributed by atoms with Gasteiger partial charge >= 0.3 is 12.1 Å². The molecule has 244 valence electrons.